The van der Waals surface area contributed by atoms with E-state index in [0.29, 0.717) is 0 Å². The molecule has 0 aliphatic rings. The van der Waals surface area contributed by atoms with Gasteiger partial charge in [0.25, 0.3) is 0 Å². The Bertz CT molecular complexity index is 53.9. The van der Waals surface area contributed by atoms with Crippen LogP contribution in [-0.4, -0.2) is 15.2 Å². The van der Waals surface area contributed by atoms with Crippen LogP contribution in [0.3, 0.4) is 0 Å². The standard InChI is InChI=1S/2C5H11.Al/c2*1-3-5-4-2;/h2*1,3-5H2,2H3;/q;;+1. The summed E-state index contributed by atoms with van der Waals surface area (Å²) in [6, 6.07) is 0. The van der Waals surface area contributed by atoms with Crippen molar-refractivity contribution in [2.45, 2.75) is 62.9 Å². The first-order valence-corrected chi connectivity index (χ1v) is 6.86. The molecule has 0 heterocycles. The van der Waals surface area contributed by atoms with Crippen LogP contribution in [0.1, 0.15) is 52.4 Å². The third-order valence-corrected chi connectivity index (χ3v) is 3.66. The van der Waals surface area contributed by atoms with Crippen LogP contribution in [0.5, 0.6) is 0 Å². The van der Waals surface area contributed by atoms with Crippen LogP contribution in [-0.2, 0) is 0 Å². The summed E-state index contributed by atoms with van der Waals surface area (Å²) in [4.78, 5) is 0. The maximum atomic E-state index is 2.28. The molecule has 0 aliphatic carbocycles. The Morgan fingerprint density at radius 2 is 1.18 bits per heavy atom. The third kappa shape index (κ3) is 10.5. The van der Waals surface area contributed by atoms with Crippen molar-refractivity contribution in [2.24, 2.45) is 0 Å². The molecule has 0 fully saturated rings. The Balaban J connectivity index is 2.69. The molecule has 1 heteroatoms. The average Bonchev–Trinajstić information content (AvgIpc) is 2.03. The van der Waals surface area contributed by atoms with E-state index in [4.69, 9.17) is 0 Å². The molecule has 0 N–H and O–H groups in total. The van der Waals surface area contributed by atoms with Gasteiger partial charge in [0.15, 0.2) is 0 Å². The summed E-state index contributed by atoms with van der Waals surface area (Å²) in [6.07, 6.45) is 8.68. The number of rotatable bonds is 8. The van der Waals surface area contributed by atoms with E-state index in [1.54, 1.807) is 10.6 Å². The maximum absolute atomic E-state index is 2.28. The van der Waals surface area contributed by atoms with Crippen molar-refractivity contribution in [3.05, 3.63) is 0 Å². The molecule has 0 aromatic heterocycles. The molecule has 0 rings (SSSR count). The van der Waals surface area contributed by atoms with E-state index in [9.17, 15) is 0 Å². The van der Waals surface area contributed by atoms with Gasteiger partial charge in [-0.3, -0.25) is 0 Å². The van der Waals surface area contributed by atoms with E-state index in [-0.39, 0.29) is 0 Å². The van der Waals surface area contributed by atoms with Gasteiger partial charge >= 0.3 is 78.2 Å². The molecule has 0 spiro atoms. The second-order valence-corrected chi connectivity index (χ2v) is 5.01. The van der Waals surface area contributed by atoms with Gasteiger partial charge in [-0.25, -0.2) is 0 Å². The molecule has 0 amide bonds. The zero-order valence-corrected chi connectivity index (χ0v) is 9.39. The minimum absolute atomic E-state index is 0.811. The Morgan fingerprint density at radius 3 is 1.55 bits per heavy atom. The van der Waals surface area contributed by atoms with Crippen LogP contribution in [0, 0.1) is 0 Å². The van der Waals surface area contributed by atoms with E-state index < -0.39 is 0 Å². The molecule has 64 valence electrons. The molecule has 0 nitrogen and oxygen atoms in total. The third-order valence-electron chi connectivity index (χ3n) is 2.02. The number of hydrogen-bond donors (Lipinski definition) is 0. The van der Waals surface area contributed by atoms with Crippen molar-refractivity contribution in [3.63, 3.8) is 0 Å². The zero-order valence-electron chi connectivity index (χ0n) is 8.23. The van der Waals surface area contributed by atoms with E-state index in [2.05, 4.69) is 13.8 Å². The normalized spacial score (nSPS) is 9.64. The molecule has 0 bridgehead atoms. The van der Waals surface area contributed by atoms with Crippen molar-refractivity contribution >= 4 is 15.2 Å². The van der Waals surface area contributed by atoms with E-state index in [1.807, 2.05) is 0 Å². The quantitative estimate of drug-likeness (QED) is 0.382. The molecule has 0 saturated heterocycles. The van der Waals surface area contributed by atoms with Gasteiger partial charge in [0.1, 0.15) is 0 Å². The molecular formula is C10H22Al+. The zero-order chi connectivity index (χ0) is 8.36. The molecule has 0 unspecified atom stereocenters. The fourth-order valence-electron chi connectivity index (χ4n) is 1.22. The van der Waals surface area contributed by atoms with Gasteiger partial charge in [-0.2, -0.15) is 0 Å². The molecule has 11 heavy (non-hydrogen) atoms. The first-order chi connectivity index (χ1) is 5.41. The molecule has 0 aliphatic heterocycles. The fourth-order valence-corrected chi connectivity index (χ4v) is 2.67. The van der Waals surface area contributed by atoms with Gasteiger partial charge in [-0.05, 0) is 0 Å². The van der Waals surface area contributed by atoms with Gasteiger partial charge in [0, 0.05) is 0 Å². The Kier molecular flexibility index (Phi) is 11.0. The monoisotopic (exact) mass is 169 g/mol. The summed E-state index contributed by atoms with van der Waals surface area (Å²) < 4.78 is 0. The molecular weight excluding hydrogens is 147 g/mol. The predicted octanol–water partition coefficient (Wildman–Crippen LogP) is 3.91. The van der Waals surface area contributed by atoms with Crippen molar-refractivity contribution in [1.29, 1.82) is 0 Å². The Hall–Kier alpha value is 0.532. The predicted molar refractivity (Wildman–Crippen MR) is 54.4 cm³/mol. The second-order valence-electron chi connectivity index (χ2n) is 3.28. The van der Waals surface area contributed by atoms with E-state index in [0.717, 1.165) is 15.2 Å². The summed E-state index contributed by atoms with van der Waals surface area (Å²) in [5, 5.41) is 3.11. The minimum atomic E-state index is 0.811. The fraction of sp³-hybridized carbons (Fsp3) is 1.00. The van der Waals surface area contributed by atoms with Gasteiger partial charge in [0.2, 0.25) is 0 Å². The summed E-state index contributed by atoms with van der Waals surface area (Å²) >= 11 is 0.811. The van der Waals surface area contributed by atoms with Crippen molar-refractivity contribution < 1.29 is 0 Å². The first-order valence-electron chi connectivity index (χ1n) is 5.23. The van der Waals surface area contributed by atoms with Crippen LogP contribution in [0.2, 0.25) is 10.6 Å². The van der Waals surface area contributed by atoms with Crippen molar-refractivity contribution in [2.75, 3.05) is 0 Å². The second kappa shape index (κ2) is 10.5. The van der Waals surface area contributed by atoms with Gasteiger partial charge < -0.3 is 0 Å². The van der Waals surface area contributed by atoms with Crippen LogP contribution >= 0.6 is 0 Å². The molecule has 0 aromatic carbocycles. The van der Waals surface area contributed by atoms with Gasteiger partial charge in [-0.1, -0.05) is 0 Å². The average molecular weight is 169 g/mol. The number of hydrogen-bond acceptors (Lipinski definition) is 0. The SMILES string of the molecule is CCCC[CH2][Al+][CH2]CCCC. The number of unbranched alkanes of at least 4 members (excludes halogenated alkanes) is 4. The van der Waals surface area contributed by atoms with Gasteiger partial charge in [0.05, 0.1) is 0 Å². The van der Waals surface area contributed by atoms with E-state index >= 15 is 0 Å². The topological polar surface area (TPSA) is 0 Å². The summed E-state index contributed by atoms with van der Waals surface area (Å²) in [5.74, 6) is 0. The van der Waals surface area contributed by atoms with Crippen LogP contribution in [0.4, 0.5) is 0 Å². The van der Waals surface area contributed by atoms with Crippen molar-refractivity contribution in [1.82, 2.24) is 0 Å². The Morgan fingerprint density at radius 1 is 0.727 bits per heavy atom. The van der Waals surface area contributed by atoms with Crippen LogP contribution in [0.25, 0.3) is 0 Å². The molecule has 0 aromatic rings. The van der Waals surface area contributed by atoms with Crippen LogP contribution < -0.4 is 0 Å². The van der Waals surface area contributed by atoms with Crippen LogP contribution in [0.15, 0.2) is 0 Å². The molecule has 0 saturated carbocycles. The first kappa shape index (κ1) is 11.5. The summed E-state index contributed by atoms with van der Waals surface area (Å²) in [7, 11) is 0. The molecule has 0 radical (unpaired) electrons. The summed E-state index contributed by atoms with van der Waals surface area (Å²) in [5.41, 5.74) is 0. The summed E-state index contributed by atoms with van der Waals surface area (Å²) in [6.45, 7) is 4.57. The van der Waals surface area contributed by atoms with Gasteiger partial charge in [-0.15, -0.1) is 0 Å². The van der Waals surface area contributed by atoms with E-state index in [1.165, 1.54) is 38.5 Å². The van der Waals surface area contributed by atoms with Crippen molar-refractivity contribution in [3.8, 4) is 0 Å². The Labute approximate surface area is 78.5 Å². The molecule has 0 atom stereocenters.